The van der Waals surface area contributed by atoms with Crippen LogP contribution in [0.2, 0.25) is 0 Å². The van der Waals surface area contributed by atoms with Crippen LogP contribution in [0.4, 0.5) is 13.2 Å². The zero-order valence-corrected chi connectivity index (χ0v) is 15.0. The molecule has 2 heterocycles. The Kier molecular flexibility index (Phi) is 4.91. The monoisotopic (exact) mass is 418 g/mol. The second-order valence-electron chi connectivity index (χ2n) is 6.28. The smallest absolute Gasteiger partial charge is 0.394 e. The van der Waals surface area contributed by atoms with E-state index in [-0.39, 0.29) is 22.8 Å². The van der Waals surface area contributed by atoms with Crippen LogP contribution in [0.1, 0.15) is 27.9 Å². The molecule has 9 nitrogen and oxygen atoms in total. The predicted octanol–water partition coefficient (Wildman–Crippen LogP) is 2.49. The van der Waals surface area contributed by atoms with Crippen molar-refractivity contribution in [3.8, 4) is 11.4 Å². The molecule has 0 spiro atoms. The van der Waals surface area contributed by atoms with Crippen molar-refractivity contribution >= 4 is 16.9 Å². The van der Waals surface area contributed by atoms with E-state index in [0.717, 1.165) is 12.1 Å². The van der Waals surface area contributed by atoms with Crippen LogP contribution in [0.15, 0.2) is 47.0 Å². The molecule has 1 atom stereocenters. The fraction of sp³-hybridized carbons (Fsp3) is 0.167. The number of halogens is 3. The summed E-state index contributed by atoms with van der Waals surface area (Å²) < 4.78 is 43.1. The molecule has 12 heteroatoms. The van der Waals surface area contributed by atoms with Gasteiger partial charge in [0.05, 0.1) is 17.7 Å². The summed E-state index contributed by atoms with van der Waals surface area (Å²) in [5.41, 5.74) is 0.906. The number of aromatic nitrogens is 5. The van der Waals surface area contributed by atoms with E-state index in [2.05, 4.69) is 30.9 Å². The SMILES string of the molecule is O=C(N[C@@H](CO)c1nc(-c2ccc(C(F)(F)F)cc2)no1)c1ccc2[nH]nnc2c1. The van der Waals surface area contributed by atoms with Gasteiger partial charge in [-0.15, -0.1) is 5.10 Å². The summed E-state index contributed by atoms with van der Waals surface area (Å²) in [5, 5.41) is 26.0. The van der Waals surface area contributed by atoms with Gasteiger partial charge in [0.25, 0.3) is 11.8 Å². The molecule has 4 rings (SSSR count). The number of carbonyl (C=O) groups is 1. The second-order valence-corrected chi connectivity index (χ2v) is 6.28. The Morgan fingerprint density at radius 2 is 1.97 bits per heavy atom. The number of aromatic amines is 1. The summed E-state index contributed by atoms with van der Waals surface area (Å²) in [6, 6.07) is 7.90. The molecule has 0 bridgehead atoms. The van der Waals surface area contributed by atoms with Gasteiger partial charge in [-0.2, -0.15) is 18.2 Å². The fourth-order valence-corrected chi connectivity index (χ4v) is 2.71. The van der Waals surface area contributed by atoms with Crippen LogP contribution in [0.25, 0.3) is 22.4 Å². The fourth-order valence-electron chi connectivity index (χ4n) is 2.71. The Labute approximate surface area is 165 Å². The Hall–Kier alpha value is -3.80. The number of fused-ring (bicyclic) bond motifs is 1. The van der Waals surface area contributed by atoms with Crippen molar-refractivity contribution < 1.29 is 27.6 Å². The first-order valence-electron chi connectivity index (χ1n) is 8.59. The van der Waals surface area contributed by atoms with E-state index in [1.807, 2.05) is 0 Å². The van der Waals surface area contributed by atoms with E-state index >= 15 is 0 Å². The Balaban J connectivity index is 1.51. The number of nitrogens with one attached hydrogen (secondary N) is 2. The van der Waals surface area contributed by atoms with E-state index in [4.69, 9.17) is 4.52 Å². The lowest BCUT2D eigenvalue weighted by atomic mass is 10.1. The van der Waals surface area contributed by atoms with Crippen LogP contribution < -0.4 is 5.32 Å². The number of aliphatic hydroxyl groups is 1. The van der Waals surface area contributed by atoms with E-state index in [1.54, 1.807) is 12.1 Å². The van der Waals surface area contributed by atoms with Crippen molar-refractivity contribution in [2.24, 2.45) is 0 Å². The first-order chi connectivity index (χ1) is 14.3. The van der Waals surface area contributed by atoms with Crippen molar-refractivity contribution in [2.75, 3.05) is 6.61 Å². The molecule has 0 saturated heterocycles. The first-order valence-corrected chi connectivity index (χ1v) is 8.59. The molecule has 0 aliphatic carbocycles. The number of hydrogen-bond donors (Lipinski definition) is 3. The van der Waals surface area contributed by atoms with Crippen molar-refractivity contribution in [1.82, 2.24) is 30.9 Å². The van der Waals surface area contributed by atoms with Crippen molar-refractivity contribution in [3.63, 3.8) is 0 Å². The van der Waals surface area contributed by atoms with E-state index < -0.39 is 30.3 Å². The lowest BCUT2D eigenvalue weighted by Crippen LogP contribution is -2.31. The van der Waals surface area contributed by atoms with Crippen LogP contribution in [0.5, 0.6) is 0 Å². The van der Waals surface area contributed by atoms with E-state index in [0.29, 0.717) is 11.0 Å². The van der Waals surface area contributed by atoms with Crippen molar-refractivity contribution in [2.45, 2.75) is 12.2 Å². The molecule has 4 aromatic rings. The number of rotatable bonds is 5. The highest BCUT2D eigenvalue weighted by atomic mass is 19.4. The average molecular weight is 418 g/mol. The summed E-state index contributed by atoms with van der Waals surface area (Å²) in [7, 11) is 0. The maximum atomic E-state index is 12.7. The molecule has 0 aliphatic rings. The lowest BCUT2D eigenvalue weighted by molar-refractivity contribution is -0.137. The van der Waals surface area contributed by atoms with E-state index in [9.17, 15) is 23.1 Å². The Morgan fingerprint density at radius 1 is 1.20 bits per heavy atom. The molecule has 0 saturated carbocycles. The molecule has 154 valence electrons. The van der Waals surface area contributed by atoms with Crippen LogP contribution >= 0.6 is 0 Å². The molecule has 0 unspecified atom stereocenters. The molecule has 30 heavy (non-hydrogen) atoms. The number of nitrogens with zero attached hydrogens (tertiary/aromatic N) is 4. The van der Waals surface area contributed by atoms with Gasteiger partial charge in [0.2, 0.25) is 5.82 Å². The maximum absolute atomic E-state index is 12.7. The van der Waals surface area contributed by atoms with Crippen LogP contribution in [0, 0.1) is 0 Å². The number of benzene rings is 2. The number of hydrogen-bond acceptors (Lipinski definition) is 7. The van der Waals surface area contributed by atoms with Gasteiger partial charge >= 0.3 is 6.18 Å². The topological polar surface area (TPSA) is 130 Å². The molecular formula is C18H13F3N6O3. The number of carbonyl (C=O) groups excluding carboxylic acids is 1. The standard InChI is InChI=1S/C18H13F3N6O3/c19-18(20,21)11-4-1-9(2-5-11)15-23-17(30-26-15)14(8-28)22-16(29)10-3-6-12-13(7-10)25-27-24-12/h1-7,14,28H,8H2,(H,22,29)(H,24,25,27)/t14-/m0/s1. The summed E-state index contributed by atoms with van der Waals surface area (Å²) >= 11 is 0. The van der Waals surface area contributed by atoms with E-state index in [1.165, 1.54) is 18.2 Å². The van der Waals surface area contributed by atoms with Gasteiger partial charge in [-0.1, -0.05) is 22.5 Å². The molecule has 2 aromatic heterocycles. The lowest BCUT2D eigenvalue weighted by Gasteiger charge is -2.12. The summed E-state index contributed by atoms with van der Waals surface area (Å²) in [5.74, 6) is -0.591. The number of amides is 1. The number of aliphatic hydroxyl groups excluding tert-OH is 1. The molecule has 0 aliphatic heterocycles. The minimum Gasteiger partial charge on any atom is -0.394 e. The molecule has 2 aromatic carbocycles. The van der Waals surface area contributed by atoms with Gasteiger partial charge in [0.1, 0.15) is 11.6 Å². The molecule has 3 N–H and O–H groups in total. The predicted molar refractivity (Wildman–Crippen MR) is 95.9 cm³/mol. The van der Waals surface area contributed by atoms with Crippen LogP contribution in [-0.2, 0) is 6.18 Å². The Morgan fingerprint density at radius 3 is 2.67 bits per heavy atom. The first kappa shape index (κ1) is 19.5. The minimum absolute atomic E-state index is 0.0236. The highest BCUT2D eigenvalue weighted by Crippen LogP contribution is 2.30. The highest BCUT2D eigenvalue weighted by molar-refractivity contribution is 5.97. The summed E-state index contributed by atoms with van der Waals surface area (Å²) in [4.78, 5) is 16.6. The van der Waals surface area contributed by atoms with Gasteiger partial charge < -0.3 is 14.9 Å². The Bertz CT molecular complexity index is 1190. The molecular weight excluding hydrogens is 405 g/mol. The third-order valence-corrected chi connectivity index (χ3v) is 4.29. The van der Waals surface area contributed by atoms with Gasteiger partial charge in [-0.05, 0) is 30.3 Å². The van der Waals surface area contributed by atoms with Gasteiger partial charge in [-0.25, -0.2) is 0 Å². The largest absolute Gasteiger partial charge is 0.416 e. The summed E-state index contributed by atoms with van der Waals surface area (Å²) in [6.07, 6.45) is -4.46. The number of alkyl halides is 3. The van der Waals surface area contributed by atoms with Crippen LogP contribution in [0.3, 0.4) is 0 Å². The summed E-state index contributed by atoms with van der Waals surface area (Å²) in [6.45, 7) is -0.535. The van der Waals surface area contributed by atoms with Gasteiger partial charge in [-0.3, -0.25) is 9.89 Å². The second kappa shape index (κ2) is 7.55. The quantitative estimate of drug-likeness (QED) is 0.454. The molecule has 1 amide bonds. The van der Waals surface area contributed by atoms with Crippen molar-refractivity contribution in [3.05, 3.63) is 59.5 Å². The molecule has 0 fully saturated rings. The average Bonchev–Trinajstić information content (AvgIpc) is 3.40. The molecule has 0 radical (unpaired) electrons. The third-order valence-electron chi connectivity index (χ3n) is 4.29. The maximum Gasteiger partial charge on any atom is 0.416 e. The van der Waals surface area contributed by atoms with Crippen molar-refractivity contribution in [1.29, 1.82) is 0 Å². The van der Waals surface area contributed by atoms with Gasteiger partial charge in [0.15, 0.2) is 0 Å². The number of H-pyrrole nitrogens is 1. The van der Waals surface area contributed by atoms with Crippen LogP contribution in [-0.4, -0.2) is 43.2 Å². The minimum atomic E-state index is -4.46. The highest BCUT2D eigenvalue weighted by Gasteiger charge is 2.30. The van der Waals surface area contributed by atoms with Gasteiger partial charge in [0, 0.05) is 11.1 Å². The zero-order valence-electron chi connectivity index (χ0n) is 15.0. The zero-order chi connectivity index (χ0) is 21.3. The third kappa shape index (κ3) is 3.85. The normalized spacial score (nSPS) is 12.8.